The van der Waals surface area contributed by atoms with Gasteiger partial charge in [0.1, 0.15) is 0 Å². The van der Waals surface area contributed by atoms with E-state index < -0.39 is 14.4 Å². The SMILES string of the molecule is COCOc1c(C(O[Si](C)(C)C(C)(C)C)c2[c-]nc(Sc3ccccc3)n2C)ccc(OC)c1OC.[Li+]. The fourth-order valence-electron chi connectivity index (χ4n) is 3.40. The molecule has 37 heavy (non-hydrogen) atoms. The number of methoxy groups -OCH3 is 3. The maximum absolute atomic E-state index is 7.03. The van der Waals surface area contributed by atoms with Gasteiger partial charge in [0.05, 0.1) is 20.3 Å². The summed E-state index contributed by atoms with van der Waals surface area (Å²) >= 11 is 1.58. The van der Waals surface area contributed by atoms with Gasteiger partial charge in [-0.05, 0) is 60.0 Å². The number of ether oxygens (including phenoxy) is 4. The van der Waals surface area contributed by atoms with Gasteiger partial charge >= 0.3 is 18.9 Å². The van der Waals surface area contributed by atoms with Gasteiger partial charge in [0.15, 0.2) is 26.6 Å². The summed E-state index contributed by atoms with van der Waals surface area (Å²) < 4.78 is 31.6. The predicted octanol–water partition coefficient (Wildman–Crippen LogP) is 3.49. The maximum Gasteiger partial charge on any atom is 1.00 e. The van der Waals surface area contributed by atoms with Crippen LogP contribution in [0, 0.1) is 6.20 Å². The summed E-state index contributed by atoms with van der Waals surface area (Å²) in [6, 6.07) is 14.0. The minimum atomic E-state index is -2.25. The van der Waals surface area contributed by atoms with Gasteiger partial charge in [-0.25, -0.2) is 0 Å². The molecular formula is C27H37LiN2O5SSi. The molecule has 1 heterocycles. The van der Waals surface area contributed by atoms with Crippen LogP contribution in [0.1, 0.15) is 38.1 Å². The molecule has 7 nitrogen and oxygen atoms in total. The van der Waals surface area contributed by atoms with Crippen molar-refractivity contribution in [2.24, 2.45) is 7.05 Å². The average molecular weight is 537 g/mol. The second-order valence-corrected chi connectivity index (χ2v) is 15.7. The molecule has 10 heteroatoms. The molecule has 0 saturated heterocycles. The average Bonchev–Trinajstić information content (AvgIpc) is 3.20. The maximum atomic E-state index is 7.03. The second-order valence-electron chi connectivity index (χ2n) is 9.89. The van der Waals surface area contributed by atoms with E-state index in [0.717, 1.165) is 21.3 Å². The molecule has 0 aliphatic rings. The summed E-state index contributed by atoms with van der Waals surface area (Å²) in [5.41, 5.74) is 1.60. The van der Waals surface area contributed by atoms with Crippen LogP contribution in [0.4, 0.5) is 0 Å². The molecule has 0 aliphatic heterocycles. The van der Waals surface area contributed by atoms with Crippen molar-refractivity contribution < 1.29 is 42.2 Å². The summed E-state index contributed by atoms with van der Waals surface area (Å²) in [5, 5.41) is 0.801. The van der Waals surface area contributed by atoms with Crippen LogP contribution in [-0.2, 0) is 16.2 Å². The van der Waals surface area contributed by atoms with E-state index in [1.807, 2.05) is 41.9 Å². The normalized spacial score (nSPS) is 12.6. The molecule has 0 N–H and O–H groups in total. The van der Waals surface area contributed by atoms with E-state index >= 15 is 0 Å². The smallest absolute Gasteiger partial charge is 0.493 e. The minimum Gasteiger partial charge on any atom is -0.493 e. The van der Waals surface area contributed by atoms with Crippen molar-refractivity contribution >= 4 is 20.1 Å². The minimum absolute atomic E-state index is 0. The Labute approximate surface area is 238 Å². The summed E-state index contributed by atoms with van der Waals surface area (Å²) in [5.74, 6) is 1.55. The van der Waals surface area contributed by atoms with Crippen LogP contribution in [0.25, 0.3) is 0 Å². The van der Waals surface area contributed by atoms with Crippen molar-refractivity contribution in [3.05, 3.63) is 59.9 Å². The number of imidazole rings is 1. The van der Waals surface area contributed by atoms with Crippen LogP contribution in [-0.4, -0.2) is 46.0 Å². The third kappa shape index (κ3) is 7.17. The largest absolute Gasteiger partial charge is 1.00 e. The zero-order valence-electron chi connectivity index (χ0n) is 23.7. The Kier molecular flexibility index (Phi) is 11.2. The van der Waals surface area contributed by atoms with E-state index in [1.165, 1.54) is 0 Å². The van der Waals surface area contributed by atoms with E-state index in [2.05, 4.69) is 57.2 Å². The van der Waals surface area contributed by atoms with Gasteiger partial charge in [0, 0.05) is 17.8 Å². The standard InChI is InChI=1S/C27H37N2O5SSi.Li/c1-27(2,3)36(8,9)34-23(20-15-16-22(31-6)25(32-7)24(20)33-18-30-5)21-17-28-26(29(21)4)35-19-13-11-10-12-14-19;/h10-16,23H,18H2,1-9H3;/q-1;+1. The molecule has 1 unspecified atom stereocenters. The van der Waals surface area contributed by atoms with Crippen LogP contribution >= 0.6 is 11.8 Å². The number of benzene rings is 2. The third-order valence-corrected chi connectivity index (χ3v) is 12.0. The molecule has 3 aromatic rings. The molecular weight excluding hydrogens is 499 g/mol. The molecule has 0 amide bonds. The molecule has 1 atom stereocenters. The van der Waals surface area contributed by atoms with Crippen LogP contribution in [0.15, 0.2) is 52.5 Å². The Morgan fingerprint density at radius 1 is 1.00 bits per heavy atom. The summed E-state index contributed by atoms with van der Waals surface area (Å²) in [4.78, 5) is 5.73. The Bertz CT molecular complexity index is 1150. The van der Waals surface area contributed by atoms with E-state index in [4.69, 9.17) is 23.4 Å². The molecule has 0 bridgehead atoms. The molecule has 0 fully saturated rings. The zero-order valence-corrected chi connectivity index (χ0v) is 25.5. The Morgan fingerprint density at radius 3 is 2.24 bits per heavy atom. The first-order valence-electron chi connectivity index (χ1n) is 11.8. The quantitative estimate of drug-likeness (QED) is 0.211. The van der Waals surface area contributed by atoms with E-state index in [-0.39, 0.29) is 30.7 Å². The number of hydrogen-bond acceptors (Lipinski definition) is 7. The van der Waals surface area contributed by atoms with E-state index in [0.29, 0.717) is 17.2 Å². The molecule has 3 rings (SSSR count). The van der Waals surface area contributed by atoms with Gasteiger partial charge in [-0.2, -0.15) is 11.8 Å². The molecule has 0 aliphatic carbocycles. The predicted molar refractivity (Wildman–Crippen MR) is 145 cm³/mol. The zero-order chi connectivity index (χ0) is 26.5. The topological polar surface area (TPSA) is 64.0 Å². The summed E-state index contributed by atoms with van der Waals surface area (Å²) in [6.07, 6.45) is 2.75. The number of aromatic nitrogens is 2. The van der Waals surface area contributed by atoms with E-state index in [1.54, 1.807) is 33.1 Å². The molecule has 0 radical (unpaired) electrons. The van der Waals surface area contributed by atoms with Gasteiger partial charge in [-0.3, -0.25) is 0 Å². The Hall–Kier alpha value is -1.87. The first-order valence-corrected chi connectivity index (χ1v) is 15.5. The molecule has 0 saturated carbocycles. The number of nitrogens with zero attached hydrogens (tertiary/aromatic N) is 2. The Balaban J connectivity index is 0.00000481. The molecule has 2 aromatic carbocycles. The molecule has 196 valence electrons. The van der Waals surface area contributed by atoms with Crippen molar-refractivity contribution in [2.45, 2.75) is 55.1 Å². The van der Waals surface area contributed by atoms with Crippen molar-refractivity contribution in [1.29, 1.82) is 0 Å². The van der Waals surface area contributed by atoms with Crippen molar-refractivity contribution in [3.8, 4) is 17.2 Å². The van der Waals surface area contributed by atoms with Gasteiger partial charge in [0.2, 0.25) is 5.75 Å². The first-order chi connectivity index (χ1) is 17.0. The van der Waals surface area contributed by atoms with Gasteiger partial charge in [0.25, 0.3) is 0 Å². The fraction of sp³-hybridized carbons (Fsp3) is 0.444. The van der Waals surface area contributed by atoms with Crippen molar-refractivity contribution in [3.63, 3.8) is 0 Å². The number of rotatable bonds is 11. The number of hydrogen-bond donors (Lipinski definition) is 0. The van der Waals surface area contributed by atoms with E-state index in [9.17, 15) is 0 Å². The first kappa shape index (κ1) is 31.4. The van der Waals surface area contributed by atoms with Crippen LogP contribution in [0.3, 0.4) is 0 Å². The second kappa shape index (κ2) is 13.3. The Morgan fingerprint density at radius 2 is 1.68 bits per heavy atom. The fourth-order valence-corrected chi connectivity index (χ4v) is 5.41. The summed E-state index contributed by atoms with van der Waals surface area (Å²) in [7, 11) is 4.51. The van der Waals surface area contributed by atoms with Gasteiger partial charge in [-0.15, -0.1) is 6.20 Å². The van der Waals surface area contributed by atoms with Crippen LogP contribution in [0.5, 0.6) is 17.2 Å². The molecule has 0 spiro atoms. The molecule has 1 aromatic heterocycles. The van der Waals surface area contributed by atoms with Gasteiger partial charge < -0.3 is 32.9 Å². The van der Waals surface area contributed by atoms with Crippen molar-refractivity contribution in [2.75, 3.05) is 28.1 Å². The monoisotopic (exact) mass is 536 g/mol. The van der Waals surface area contributed by atoms with Crippen LogP contribution < -0.4 is 33.1 Å². The van der Waals surface area contributed by atoms with Gasteiger partial charge in [-0.1, -0.05) is 39.0 Å². The third-order valence-electron chi connectivity index (χ3n) is 6.47. The van der Waals surface area contributed by atoms with Crippen molar-refractivity contribution in [1.82, 2.24) is 9.55 Å². The van der Waals surface area contributed by atoms with Crippen LogP contribution in [0.2, 0.25) is 18.1 Å². The summed E-state index contributed by atoms with van der Waals surface area (Å²) in [6.45, 7) is 11.2.